The summed E-state index contributed by atoms with van der Waals surface area (Å²) in [5.74, 6) is 0. The molecule has 0 atom stereocenters. The van der Waals surface area contributed by atoms with Crippen molar-refractivity contribution in [3.05, 3.63) is 170 Å². The summed E-state index contributed by atoms with van der Waals surface area (Å²) in [4.78, 5) is 5.01. The minimum atomic E-state index is -1.87. The van der Waals surface area contributed by atoms with E-state index in [1.807, 2.05) is 0 Å². The van der Waals surface area contributed by atoms with Gasteiger partial charge in [-0.15, -0.1) is 0 Å². The fourth-order valence-electron chi connectivity index (χ4n) is 7.92. The number of hydrogen-bond acceptors (Lipinski definition) is 2. The number of hydrogen-bond donors (Lipinski definition) is 0. The first kappa shape index (κ1) is 25.8. The van der Waals surface area contributed by atoms with E-state index in [4.69, 9.17) is 0 Å². The van der Waals surface area contributed by atoms with Crippen molar-refractivity contribution in [3.63, 3.8) is 0 Å². The van der Waals surface area contributed by atoms with Gasteiger partial charge in [-0.1, -0.05) is 122 Å². The minimum absolute atomic E-state index is 1.17. The van der Waals surface area contributed by atoms with Crippen LogP contribution < -0.4 is 23.1 Å². The Labute approximate surface area is 272 Å². The summed E-state index contributed by atoms with van der Waals surface area (Å²) in [7, 11) is 0. The van der Waals surface area contributed by atoms with Crippen LogP contribution in [0.15, 0.2) is 170 Å². The smallest absolute Gasteiger partial charge is 0.313 e. The molecule has 0 aliphatic carbocycles. The lowest BCUT2D eigenvalue weighted by atomic mass is 10.1. The molecule has 0 N–H and O–H groups in total. The van der Waals surface area contributed by atoms with Crippen molar-refractivity contribution >= 4 is 83.4 Å². The van der Waals surface area contributed by atoms with Crippen LogP contribution in [0.2, 0.25) is 0 Å². The summed E-state index contributed by atoms with van der Waals surface area (Å²) in [6.07, 6.45) is 0. The van der Waals surface area contributed by atoms with Gasteiger partial charge >= 0.3 is 14.1 Å². The van der Waals surface area contributed by atoms with E-state index in [0.717, 1.165) is 0 Å². The third kappa shape index (κ3) is 3.60. The maximum atomic E-state index is 2.51. The zero-order chi connectivity index (χ0) is 30.2. The summed E-state index contributed by atoms with van der Waals surface area (Å²) in [5.41, 5.74) is 11.1. The van der Waals surface area contributed by atoms with Crippen molar-refractivity contribution in [1.82, 2.24) is 4.57 Å². The lowest BCUT2D eigenvalue weighted by Crippen LogP contribution is -2.61. The van der Waals surface area contributed by atoms with E-state index in [1.165, 1.54) is 74.9 Å². The van der Waals surface area contributed by atoms with Gasteiger partial charge in [-0.2, -0.15) is 0 Å². The Morgan fingerprint density at radius 1 is 0.348 bits per heavy atom. The first-order valence-electron chi connectivity index (χ1n) is 15.9. The Morgan fingerprint density at radius 2 is 0.761 bits per heavy atom. The Morgan fingerprint density at radius 3 is 1.26 bits per heavy atom. The van der Waals surface area contributed by atoms with Crippen LogP contribution in [-0.2, 0) is 0 Å². The van der Waals surface area contributed by atoms with E-state index in [1.54, 1.807) is 0 Å². The van der Waals surface area contributed by atoms with E-state index in [-0.39, 0.29) is 0 Å². The van der Waals surface area contributed by atoms with Crippen molar-refractivity contribution in [2.45, 2.75) is 0 Å². The summed E-state index contributed by atoms with van der Waals surface area (Å²) in [6.45, 7) is 0. The van der Waals surface area contributed by atoms with Gasteiger partial charge in [0.2, 0.25) is 0 Å². The predicted octanol–water partition coefficient (Wildman–Crippen LogP) is 8.87. The molecule has 0 fully saturated rings. The van der Waals surface area contributed by atoms with Crippen LogP contribution in [0.3, 0.4) is 0 Å². The standard InChI is InChI=1S/C42H28N3.Al/c1-5-17-32(18-6-1)43(33-19-7-2-8-20-33)36-29-37(44(34-21-9-3-10-22-34)35-23-11-4-12-24-35)31-38(30-36)45-41-27-15-13-25-39(41)40-26-14-16-28-42(40)45;/h1-19,21-23,25-28,30-31H;. The number of rotatable bonds is 3. The minimum Gasteiger partial charge on any atom is -0.313 e. The quantitative estimate of drug-likeness (QED) is 0.188. The Bertz CT molecular complexity index is 2280. The third-order valence-electron chi connectivity index (χ3n) is 9.74. The van der Waals surface area contributed by atoms with Crippen molar-refractivity contribution in [2.75, 3.05) is 9.80 Å². The molecule has 10 rings (SSSR count). The summed E-state index contributed by atoms with van der Waals surface area (Å²) in [6, 6.07) is 62.5. The normalized spacial score (nSPS) is 13.1. The van der Waals surface area contributed by atoms with Crippen LogP contribution in [0.4, 0.5) is 34.1 Å². The van der Waals surface area contributed by atoms with Crippen LogP contribution in [0.5, 0.6) is 0 Å². The van der Waals surface area contributed by atoms with Crippen molar-refractivity contribution < 1.29 is 0 Å². The molecule has 0 spiro atoms. The Hall–Kier alpha value is -5.53. The van der Waals surface area contributed by atoms with Crippen LogP contribution in [0.1, 0.15) is 0 Å². The molecule has 0 bridgehead atoms. The fourth-order valence-corrected chi connectivity index (χ4v) is 11.5. The molecule has 2 aliphatic heterocycles. The number of nitrogens with zero attached hydrogens (tertiary/aromatic N) is 3. The fraction of sp³-hybridized carbons (Fsp3) is 0. The summed E-state index contributed by atoms with van der Waals surface area (Å²) < 4.78 is 6.86. The molecule has 7 aromatic carbocycles. The van der Waals surface area contributed by atoms with Gasteiger partial charge in [-0.05, 0) is 60.7 Å². The lowest BCUT2D eigenvalue weighted by Gasteiger charge is -2.44. The van der Waals surface area contributed by atoms with Crippen LogP contribution in [0, 0.1) is 0 Å². The van der Waals surface area contributed by atoms with Crippen molar-refractivity contribution in [3.8, 4) is 5.69 Å². The first-order chi connectivity index (χ1) is 22.9. The maximum Gasteiger partial charge on any atom is 0.396 e. The number of anilines is 6. The average molecular weight is 602 g/mol. The summed E-state index contributed by atoms with van der Waals surface area (Å²) >= 11 is -1.87. The first-order valence-corrected chi connectivity index (χ1v) is 17.6. The van der Waals surface area contributed by atoms with Crippen LogP contribution >= 0.6 is 0 Å². The molecule has 0 saturated heterocycles. The van der Waals surface area contributed by atoms with E-state index in [9.17, 15) is 0 Å². The molecule has 0 saturated carbocycles. The largest absolute Gasteiger partial charge is 0.396 e. The monoisotopic (exact) mass is 601 g/mol. The number of aromatic nitrogens is 1. The predicted molar refractivity (Wildman–Crippen MR) is 195 cm³/mol. The second kappa shape index (κ2) is 9.99. The van der Waals surface area contributed by atoms with Crippen molar-refractivity contribution in [1.29, 1.82) is 0 Å². The highest BCUT2D eigenvalue weighted by atomic mass is 27.2. The SMILES string of the molecule is c1ccc(N2c3cccc[c]3[Al]3[c]4ccccc4N(c4ccccc4)c4cc(-n5c6ccccc6c6ccccc65)cc2[c]43)cc1. The summed E-state index contributed by atoms with van der Waals surface area (Å²) in [5, 5.41) is 2.54. The van der Waals surface area contributed by atoms with Gasteiger partial charge < -0.3 is 14.4 Å². The van der Waals surface area contributed by atoms with E-state index in [2.05, 4.69) is 184 Å². The topological polar surface area (TPSA) is 11.4 Å². The molecule has 0 unspecified atom stereocenters. The zero-order valence-electron chi connectivity index (χ0n) is 25.1. The highest BCUT2D eigenvalue weighted by Crippen LogP contribution is 2.45. The van der Waals surface area contributed by atoms with Gasteiger partial charge in [0, 0.05) is 44.9 Å². The second-order valence-corrected chi connectivity index (χ2v) is 14.8. The molecule has 0 amide bonds. The van der Waals surface area contributed by atoms with Gasteiger partial charge in [0.05, 0.1) is 16.7 Å². The van der Waals surface area contributed by atoms with Gasteiger partial charge in [-0.25, -0.2) is 0 Å². The number of benzene rings is 7. The van der Waals surface area contributed by atoms with Crippen LogP contribution in [-0.4, -0.2) is 18.7 Å². The third-order valence-corrected chi connectivity index (χ3v) is 13.1. The molecule has 46 heavy (non-hydrogen) atoms. The Kier molecular flexibility index (Phi) is 5.60. The van der Waals surface area contributed by atoms with Gasteiger partial charge in [-0.3, -0.25) is 0 Å². The maximum absolute atomic E-state index is 2.51. The average Bonchev–Trinajstić information content (AvgIpc) is 3.46. The van der Waals surface area contributed by atoms with Crippen molar-refractivity contribution in [2.24, 2.45) is 0 Å². The van der Waals surface area contributed by atoms with Gasteiger partial charge in [0.25, 0.3) is 0 Å². The number of fused-ring (bicyclic) bond motifs is 7. The molecule has 0 radical (unpaired) electrons. The lowest BCUT2D eigenvalue weighted by molar-refractivity contribution is 1.16. The molecule has 2 aliphatic rings. The number of para-hydroxylation sites is 6. The molecule has 1 aromatic heterocycles. The molecule has 3 nitrogen and oxygen atoms in total. The highest BCUT2D eigenvalue weighted by Gasteiger charge is 2.45. The molecule has 8 aromatic rings. The zero-order valence-corrected chi connectivity index (χ0v) is 26.2. The molecular formula is C42H28AlN3. The molecule has 4 heteroatoms. The van der Waals surface area contributed by atoms with Gasteiger partial charge in [0.15, 0.2) is 0 Å². The van der Waals surface area contributed by atoms with E-state index < -0.39 is 14.1 Å². The molecule has 3 heterocycles. The van der Waals surface area contributed by atoms with E-state index in [0.29, 0.717) is 0 Å². The second-order valence-electron chi connectivity index (χ2n) is 12.2. The van der Waals surface area contributed by atoms with E-state index >= 15 is 0 Å². The van der Waals surface area contributed by atoms with Crippen LogP contribution in [0.25, 0.3) is 27.5 Å². The Balaban J connectivity index is 1.38. The van der Waals surface area contributed by atoms with Gasteiger partial charge in [0.1, 0.15) is 0 Å². The molecular weight excluding hydrogens is 573 g/mol. The molecule has 214 valence electrons. The highest BCUT2D eigenvalue weighted by molar-refractivity contribution is 7.00.